The third-order valence-electron chi connectivity index (χ3n) is 10.5. The Balaban J connectivity index is 1.49. The van der Waals surface area contributed by atoms with Crippen molar-refractivity contribution >= 4 is 79.3 Å². The van der Waals surface area contributed by atoms with Gasteiger partial charge >= 0.3 is 5.69 Å². The lowest BCUT2D eigenvalue weighted by molar-refractivity contribution is 0.916. The van der Waals surface area contributed by atoms with Crippen LogP contribution < -0.4 is 38.5 Å². The fourth-order valence-corrected chi connectivity index (χ4v) is 9.18. The highest BCUT2D eigenvalue weighted by Crippen LogP contribution is 2.40. The summed E-state index contributed by atoms with van der Waals surface area (Å²) in [5.74, 6) is 0. The van der Waals surface area contributed by atoms with E-state index in [1.807, 2.05) is 8.80 Å². The van der Waals surface area contributed by atoms with Crippen molar-refractivity contribution in [3.63, 3.8) is 0 Å². The lowest BCUT2D eigenvalue weighted by Gasteiger charge is -2.32. The minimum Gasteiger partial charge on any atom is -0.283 e. The van der Waals surface area contributed by atoms with Crippen LogP contribution in [0.2, 0.25) is 0 Å². The number of aromatic nitrogens is 3. The molecule has 0 N–H and O–H groups in total. The molecule has 0 saturated heterocycles. The first-order valence-electron chi connectivity index (χ1n) is 14.3. The number of nitrogens with zero attached hydrogens (tertiary/aromatic N) is 3. The molecule has 0 saturated carbocycles. The van der Waals surface area contributed by atoms with Crippen LogP contribution in [-0.4, -0.2) is 26.8 Å². The van der Waals surface area contributed by atoms with Gasteiger partial charge in [0.15, 0.2) is 0 Å². The summed E-state index contributed by atoms with van der Waals surface area (Å²) in [7, 11) is 0. The van der Waals surface area contributed by atoms with E-state index in [1.165, 1.54) is 60.7 Å². The summed E-state index contributed by atoms with van der Waals surface area (Å²) in [5, 5.41) is 2.33. The quantitative estimate of drug-likeness (QED) is 0.284. The smallest absolute Gasteiger partial charge is 0.283 e. The molecule has 0 radical (unpaired) electrons. The molecule has 0 amide bonds. The van der Waals surface area contributed by atoms with Crippen LogP contribution in [0.15, 0.2) is 108 Å². The predicted octanol–water partition coefficient (Wildman–Crippen LogP) is 2.27. The van der Waals surface area contributed by atoms with Crippen molar-refractivity contribution in [1.29, 1.82) is 0 Å². The summed E-state index contributed by atoms with van der Waals surface area (Å²) < 4.78 is 6.48. The van der Waals surface area contributed by atoms with Gasteiger partial charge in [0.25, 0.3) is 13.4 Å². The second kappa shape index (κ2) is 6.08. The summed E-state index contributed by atoms with van der Waals surface area (Å²) in [6.07, 6.45) is 0. The Morgan fingerprint density at radius 1 is 0.488 bits per heavy atom. The second-order valence-corrected chi connectivity index (χ2v) is 12.0. The summed E-state index contributed by atoms with van der Waals surface area (Å²) in [6.45, 7) is 0.182. The molecule has 0 atom stereocenters. The molecule has 5 aromatic carbocycles. The van der Waals surface area contributed by atoms with Gasteiger partial charge in [-0.1, -0.05) is 95.9 Å². The number of rotatable bonds is 0. The molecule has 4 nitrogen and oxygen atoms in total. The van der Waals surface area contributed by atoms with Gasteiger partial charge in [-0.25, -0.2) is 13.6 Å². The summed E-state index contributed by atoms with van der Waals surface area (Å²) in [6, 6.07) is 37.3. The molecule has 0 fully saturated rings. The Kier molecular flexibility index (Phi) is 2.93. The van der Waals surface area contributed by atoms with Crippen molar-refractivity contribution in [3.8, 4) is 27.9 Å². The van der Waals surface area contributed by atoms with E-state index in [1.54, 1.807) is 0 Å². The molecule has 12 rings (SSSR count). The zero-order valence-electron chi connectivity index (χ0n) is 21.7. The molecule has 41 heavy (non-hydrogen) atoms. The fraction of sp³-hybridized carbons (Fsp3) is 0. The van der Waals surface area contributed by atoms with Gasteiger partial charge in [-0.2, -0.15) is 0 Å². The summed E-state index contributed by atoms with van der Waals surface area (Å²) >= 11 is 0. The highest BCUT2D eigenvalue weighted by Gasteiger charge is 2.51. The molecule has 8 aromatic rings. The van der Waals surface area contributed by atoms with Gasteiger partial charge in [-0.3, -0.25) is 4.57 Å². The van der Waals surface area contributed by atoms with E-state index in [2.05, 4.69) is 108 Å². The van der Waals surface area contributed by atoms with E-state index >= 15 is 0 Å². The van der Waals surface area contributed by atoms with Crippen LogP contribution >= 0.6 is 0 Å². The van der Waals surface area contributed by atoms with Gasteiger partial charge < -0.3 is 0 Å². The van der Waals surface area contributed by atoms with E-state index < -0.39 is 0 Å². The third kappa shape index (κ3) is 1.83. The molecule has 6 heteroatoms. The molecular formula is C35H17B2N3O. The Morgan fingerprint density at radius 3 is 1.49 bits per heavy atom. The number of hydrogen-bond acceptors (Lipinski definition) is 1. The van der Waals surface area contributed by atoms with E-state index in [-0.39, 0.29) is 19.1 Å². The first-order valence-corrected chi connectivity index (χ1v) is 14.3. The van der Waals surface area contributed by atoms with Crippen LogP contribution in [-0.2, 0) is 0 Å². The summed E-state index contributed by atoms with van der Waals surface area (Å²) in [4.78, 5) is 14.8. The van der Waals surface area contributed by atoms with Gasteiger partial charge in [-0.05, 0) is 73.1 Å². The van der Waals surface area contributed by atoms with E-state index in [0.717, 1.165) is 33.1 Å². The van der Waals surface area contributed by atoms with Gasteiger partial charge in [0.05, 0.1) is 11.0 Å². The lowest BCUT2D eigenvalue weighted by atomic mass is 9.33. The molecule has 7 heterocycles. The molecule has 0 unspecified atom stereocenters. The first-order chi connectivity index (χ1) is 20.3. The Labute approximate surface area is 233 Å². The number of benzene rings is 5. The minimum absolute atomic E-state index is 0.0111. The number of hydrogen-bond donors (Lipinski definition) is 0. The zero-order valence-corrected chi connectivity index (χ0v) is 21.7. The lowest BCUT2D eigenvalue weighted by Crippen LogP contribution is -2.61. The van der Waals surface area contributed by atoms with Crippen molar-refractivity contribution in [1.82, 2.24) is 13.4 Å². The third-order valence-corrected chi connectivity index (χ3v) is 10.5. The highest BCUT2D eigenvalue weighted by atomic mass is 16.1. The van der Waals surface area contributed by atoms with Crippen molar-refractivity contribution < 1.29 is 0 Å². The normalized spacial score (nSPS) is 14.3. The maximum Gasteiger partial charge on any atom is 0.340 e. The van der Waals surface area contributed by atoms with Crippen LogP contribution in [0.4, 0.5) is 0 Å². The molecule has 0 spiro atoms. The van der Waals surface area contributed by atoms with Crippen LogP contribution in [0.3, 0.4) is 0 Å². The molecule has 0 bridgehead atoms. The topological polar surface area (TPSA) is 30.8 Å². The largest absolute Gasteiger partial charge is 0.340 e. The fourth-order valence-electron chi connectivity index (χ4n) is 9.18. The minimum atomic E-state index is 0.0111. The average Bonchev–Trinajstić information content (AvgIpc) is 3.74. The molecule has 4 aliphatic rings. The monoisotopic (exact) mass is 517 g/mol. The maximum absolute atomic E-state index is 14.8. The maximum atomic E-state index is 14.8. The van der Waals surface area contributed by atoms with Crippen molar-refractivity contribution in [2.75, 3.05) is 0 Å². The Hall–Kier alpha value is -5.22. The zero-order chi connectivity index (χ0) is 26.3. The molecular weight excluding hydrogens is 500 g/mol. The van der Waals surface area contributed by atoms with Crippen molar-refractivity contribution in [2.45, 2.75) is 0 Å². The Bertz CT molecular complexity index is 2520. The van der Waals surface area contributed by atoms with Crippen LogP contribution in [0.5, 0.6) is 0 Å². The molecule has 4 aliphatic heterocycles. The standard InChI is InChI=1S/C35H17B2N3O/c41-35-38-26-15-7-3-11-20(26)30-33(38)40-32-28-22(18-9-1-5-13-24(18)36(28)30)17-23-19-10-2-6-14-25(19)37(29(23)32)31-21-12-4-8-16-27(21)39(35)34(31)40/h1-17H. The first kappa shape index (κ1) is 19.8. The van der Waals surface area contributed by atoms with Gasteiger partial charge in [-0.15, -0.1) is 0 Å². The van der Waals surface area contributed by atoms with Crippen molar-refractivity contribution in [3.05, 3.63) is 114 Å². The van der Waals surface area contributed by atoms with E-state index in [0.29, 0.717) is 0 Å². The van der Waals surface area contributed by atoms with Gasteiger partial charge in [0.1, 0.15) is 11.3 Å². The SMILES string of the molecule is O=c1n2c3ccccc3c3c2n2c4c(c5ccccc5n14)B1c4ccccc4-c4cc5c(c-2c41)B3c1ccccc1-5. The van der Waals surface area contributed by atoms with Crippen LogP contribution in [0, 0.1) is 0 Å². The highest BCUT2D eigenvalue weighted by molar-refractivity contribution is 7.06. The van der Waals surface area contributed by atoms with Gasteiger partial charge in [0, 0.05) is 5.69 Å². The Morgan fingerprint density at radius 2 is 0.951 bits per heavy atom. The van der Waals surface area contributed by atoms with E-state index in [9.17, 15) is 4.79 Å². The number of para-hydroxylation sites is 2. The predicted molar refractivity (Wildman–Crippen MR) is 169 cm³/mol. The molecule has 184 valence electrons. The molecule has 3 aromatic heterocycles. The summed E-state index contributed by atoms with van der Waals surface area (Å²) in [5.41, 5.74) is 18.6. The average molecular weight is 517 g/mol. The second-order valence-electron chi connectivity index (χ2n) is 12.0. The van der Waals surface area contributed by atoms with Gasteiger partial charge in [0.2, 0.25) is 0 Å². The number of fused-ring (bicyclic) bond motifs is 14. The molecule has 0 aliphatic carbocycles. The van der Waals surface area contributed by atoms with Crippen LogP contribution in [0.1, 0.15) is 0 Å². The van der Waals surface area contributed by atoms with E-state index in [4.69, 9.17) is 0 Å². The van der Waals surface area contributed by atoms with Crippen LogP contribution in [0.25, 0.3) is 61.0 Å². The van der Waals surface area contributed by atoms with Crippen molar-refractivity contribution in [2.24, 2.45) is 0 Å².